The first kappa shape index (κ1) is 14.1. The number of sulfonamides is 1. The van der Waals surface area contributed by atoms with Gasteiger partial charge in [-0.25, -0.2) is 8.42 Å². The number of anilines is 1. The molecule has 0 aliphatic carbocycles. The number of hydrogen-bond donors (Lipinski definition) is 1. The Hall–Kier alpha value is -2.34. The number of carbonyl (C=O) groups is 1. The third-order valence-corrected chi connectivity index (χ3v) is 3.00. The van der Waals surface area contributed by atoms with Crippen molar-refractivity contribution < 1.29 is 17.6 Å². The van der Waals surface area contributed by atoms with Crippen LogP contribution < -0.4 is 4.72 Å². The minimum absolute atomic E-state index is 0.237. The van der Waals surface area contributed by atoms with Crippen LogP contribution in [0.5, 0.6) is 0 Å². The summed E-state index contributed by atoms with van der Waals surface area (Å²) in [6.45, 7) is 0. The second-order valence-electron chi connectivity index (χ2n) is 4.17. The summed E-state index contributed by atoms with van der Waals surface area (Å²) < 4.78 is 29.7. The van der Waals surface area contributed by atoms with E-state index in [1.165, 1.54) is 18.4 Å². The molecule has 0 aliphatic heterocycles. The molecular weight excluding hydrogens is 278 g/mol. The fourth-order valence-corrected chi connectivity index (χ4v) is 2.15. The van der Waals surface area contributed by atoms with Crippen molar-refractivity contribution in [2.24, 2.45) is 0 Å². The van der Waals surface area contributed by atoms with E-state index in [1.807, 2.05) is 0 Å². The molecule has 0 unspecified atom stereocenters. The molecule has 0 spiro atoms. The van der Waals surface area contributed by atoms with E-state index in [-0.39, 0.29) is 5.78 Å². The van der Waals surface area contributed by atoms with Gasteiger partial charge in [0.2, 0.25) is 10.0 Å². The largest absolute Gasteiger partial charge is 0.465 e. The van der Waals surface area contributed by atoms with Gasteiger partial charge in [0.1, 0.15) is 5.76 Å². The van der Waals surface area contributed by atoms with Crippen LogP contribution in [0.1, 0.15) is 16.1 Å². The molecule has 104 valence electrons. The van der Waals surface area contributed by atoms with Crippen molar-refractivity contribution in [3.63, 3.8) is 0 Å². The highest BCUT2D eigenvalue weighted by atomic mass is 32.2. The molecule has 0 amide bonds. The van der Waals surface area contributed by atoms with Crippen LogP contribution in [0.15, 0.2) is 53.2 Å². The molecular formula is C14H13NO4S. The zero-order chi connectivity index (χ0) is 14.6. The first-order chi connectivity index (χ1) is 9.44. The lowest BCUT2D eigenvalue weighted by Gasteiger charge is -2.04. The Morgan fingerprint density at radius 2 is 2.05 bits per heavy atom. The number of hydrogen-bond acceptors (Lipinski definition) is 4. The molecule has 20 heavy (non-hydrogen) atoms. The second kappa shape index (κ2) is 5.75. The van der Waals surface area contributed by atoms with Gasteiger partial charge in [0.25, 0.3) is 0 Å². The van der Waals surface area contributed by atoms with Gasteiger partial charge in [0, 0.05) is 11.3 Å². The van der Waals surface area contributed by atoms with Crippen molar-refractivity contribution in [1.82, 2.24) is 0 Å². The number of ketones is 1. The summed E-state index contributed by atoms with van der Waals surface area (Å²) in [7, 11) is -3.36. The molecule has 1 heterocycles. The second-order valence-corrected chi connectivity index (χ2v) is 5.92. The zero-order valence-electron chi connectivity index (χ0n) is 10.7. The molecule has 0 fully saturated rings. The molecule has 0 aliphatic rings. The highest BCUT2D eigenvalue weighted by Crippen LogP contribution is 2.13. The third-order valence-electron chi connectivity index (χ3n) is 2.39. The highest BCUT2D eigenvalue weighted by molar-refractivity contribution is 7.92. The summed E-state index contributed by atoms with van der Waals surface area (Å²) in [5, 5.41) is 0. The predicted molar refractivity (Wildman–Crippen MR) is 77.0 cm³/mol. The van der Waals surface area contributed by atoms with Gasteiger partial charge < -0.3 is 4.42 Å². The van der Waals surface area contributed by atoms with Crippen LogP contribution >= 0.6 is 0 Å². The van der Waals surface area contributed by atoms with Gasteiger partial charge in [-0.3, -0.25) is 9.52 Å². The molecule has 6 heteroatoms. The molecule has 1 aromatic heterocycles. The van der Waals surface area contributed by atoms with Crippen molar-refractivity contribution in [1.29, 1.82) is 0 Å². The van der Waals surface area contributed by atoms with Crippen LogP contribution in [0.25, 0.3) is 6.08 Å². The van der Waals surface area contributed by atoms with Gasteiger partial charge in [-0.1, -0.05) is 12.1 Å². The standard InChI is InChI=1S/C14H13NO4S/c1-20(17,18)15-12-5-2-4-11(10-12)14(16)8-7-13-6-3-9-19-13/h2-10,15H,1H3. The number of carbonyl (C=O) groups excluding carboxylic acids is 1. The van der Waals surface area contributed by atoms with Gasteiger partial charge >= 0.3 is 0 Å². The van der Waals surface area contributed by atoms with Crippen LogP contribution in [-0.2, 0) is 10.0 Å². The Balaban J connectivity index is 2.16. The fraction of sp³-hybridized carbons (Fsp3) is 0.0714. The van der Waals surface area contributed by atoms with Gasteiger partial charge in [-0.15, -0.1) is 0 Å². The molecule has 0 saturated carbocycles. The van der Waals surface area contributed by atoms with E-state index in [0.717, 1.165) is 6.26 Å². The molecule has 0 bridgehead atoms. The Bertz CT molecular complexity index is 730. The zero-order valence-corrected chi connectivity index (χ0v) is 11.6. The lowest BCUT2D eigenvalue weighted by atomic mass is 10.1. The maximum absolute atomic E-state index is 12.0. The molecule has 1 aromatic carbocycles. The molecule has 1 N–H and O–H groups in total. The van der Waals surface area contributed by atoms with E-state index < -0.39 is 10.0 Å². The Kier molecular flexibility index (Phi) is 4.05. The van der Waals surface area contributed by atoms with Crippen molar-refractivity contribution in [3.05, 3.63) is 60.1 Å². The van der Waals surface area contributed by atoms with Crippen LogP contribution in [0.3, 0.4) is 0 Å². The molecule has 5 nitrogen and oxygen atoms in total. The van der Waals surface area contributed by atoms with E-state index in [4.69, 9.17) is 4.42 Å². The summed E-state index contributed by atoms with van der Waals surface area (Å²) in [6.07, 6.45) is 5.50. The van der Waals surface area contributed by atoms with Gasteiger partial charge in [-0.05, 0) is 36.4 Å². The van der Waals surface area contributed by atoms with Crippen molar-refractivity contribution in [2.45, 2.75) is 0 Å². The number of rotatable bonds is 5. The van der Waals surface area contributed by atoms with Crippen molar-refractivity contribution in [3.8, 4) is 0 Å². The van der Waals surface area contributed by atoms with Crippen molar-refractivity contribution >= 4 is 27.6 Å². The number of nitrogens with one attached hydrogen (secondary N) is 1. The fourth-order valence-electron chi connectivity index (χ4n) is 1.59. The molecule has 0 atom stereocenters. The van der Waals surface area contributed by atoms with Crippen LogP contribution in [-0.4, -0.2) is 20.5 Å². The van der Waals surface area contributed by atoms with Gasteiger partial charge in [-0.2, -0.15) is 0 Å². The topological polar surface area (TPSA) is 76.4 Å². The molecule has 2 rings (SSSR count). The van der Waals surface area contributed by atoms with E-state index in [1.54, 1.807) is 36.4 Å². The third kappa shape index (κ3) is 4.10. The van der Waals surface area contributed by atoms with E-state index in [2.05, 4.69) is 4.72 Å². The minimum atomic E-state index is -3.36. The number of furan rings is 1. The molecule has 2 aromatic rings. The van der Waals surface area contributed by atoms with E-state index in [9.17, 15) is 13.2 Å². The van der Waals surface area contributed by atoms with E-state index in [0.29, 0.717) is 17.0 Å². The van der Waals surface area contributed by atoms with Gasteiger partial charge in [0.15, 0.2) is 5.78 Å². The molecule has 0 radical (unpaired) electrons. The maximum atomic E-state index is 12.0. The summed E-state index contributed by atoms with van der Waals surface area (Å²) >= 11 is 0. The number of allylic oxidation sites excluding steroid dienone is 1. The Morgan fingerprint density at radius 3 is 2.70 bits per heavy atom. The predicted octanol–water partition coefficient (Wildman–Crippen LogP) is 2.55. The monoisotopic (exact) mass is 291 g/mol. The first-order valence-corrected chi connectivity index (χ1v) is 7.67. The smallest absolute Gasteiger partial charge is 0.229 e. The van der Waals surface area contributed by atoms with Crippen LogP contribution in [0.4, 0.5) is 5.69 Å². The first-order valence-electron chi connectivity index (χ1n) is 5.78. The summed E-state index contributed by atoms with van der Waals surface area (Å²) in [5.74, 6) is 0.335. The van der Waals surface area contributed by atoms with Crippen molar-refractivity contribution in [2.75, 3.05) is 11.0 Å². The number of benzene rings is 1. The average molecular weight is 291 g/mol. The highest BCUT2D eigenvalue weighted by Gasteiger charge is 2.06. The lowest BCUT2D eigenvalue weighted by molar-refractivity contribution is 0.104. The summed E-state index contributed by atoms with van der Waals surface area (Å²) in [4.78, 5) is 12.0. The normalized spacial score (nSPS) is 11.7. The minimum Gasteiger partial charge on any atom is -0.465 e. The Morgan fingerprint density at radius 1 is 1.25 bits per heavy atom. The Labute approximate surface area is 117 Å². The van der Waals surface area contributed by atoms with E-state index >= 15 is 0 Å². The maximum Gasteiger partial charge on any atom is 0.229 e. The lowest BCUT2D eigenvalue weighted by Crippen LogP contribution is -2.10. The van der Waals surface area contributed by atoms with Crippen LogP contribution in [0, 0.1) is 0 Å². The summed E-state index contributed by atoms with van der Waals surface area (Å²) in [5.41, 5.74) is 0.742. The quantitative estimate of drug-likeness (QED) is 0.678. The molecule has 0 saturated heterocycles. The SMILES string of the molecule is CS(=O)(=O)Nc1cccc(C(=O)C=Cc2ccco2)c1. The summed E-state index contributed by atoms with van der Waals surface area (Å²) in [6, 6.07) is 9.74. The van der Waals surface area contributed by atoms with Crippen LogP contribution in [0.2, 0.25) is 0 Å². The van der Waals surface area contributed by atoms with Gasteiger partial charge in [0.05, 0.1) is 12.5 Å². The average Bonchev–Trinajstić information content (AvgIpc) is 2.87.